The zero-order chi connectivity index (χ0) is 17.6. The van der Waals surface area contributed by atoms with E-state index < -0.39 is 22.5 Å². The molecule has 0 atom stereocenters. The minimum absolute atomic E-state index is 0.0179. The van der Waals surface area contributed by atoms with E-state index in [4.69, 9.17) is 21.1 Å². The van der Waals surface area contributed by atoms with Crippen LogP contribution in [-0.2, 0) is 14.8 Å². The Balaban J connectivity index is 1.89. The molecule has 2 aromatic carbocycles. The molecule has 0 heterocycles. The van der Waals surface area contributed by atoms with Gasteiger partial charge < -0.3 is 9.47 Å². The van der Waals surface area contributed by atoms with Crippen molar-refractivity contribution < 1.29 is 22.7 Å². The van der Waals surface area contributed by atoms with Crippen LogP contribution in [0.1, 0.15) is 0 Å². The fraction of sp³-hybridized carbons (Fsp3) is 0.133. The first-order chi connectivity index (χ1) is 11.4. The lowest BCUT2D eigenvalue weighted by Crippen LogP contribution is -2.43. The van der Waals surface area contributed by atoms with Crippen molar-refractivity contribution in [2.75, 3.05) is 13.7 Å². The van der Waals surface area contributed by atoms with Gasteiger partial charge in [-0.15, -0.1) is 4.83 Å². The smallest absolute Gasteiger partial charge is 0.272 e. The third-order valence-electron chi connectivity index (χ3n) is 2.89. The Kier molecular flexibility index (Phi) is 6.02. The van der Waals surface area contributed by atoms with Crippen molar-refractivity contribution in [3.8, 4) is 11.5 Å². The first-order valence-corrected chi connectivity index (χ1v) is 8.60. The number of carbonyl (C=O) groups excluding carboxylic acids is 1. The summed E-state index contributed by atoms with van der Waals surface area (Å²) in [6.07, 6.45) is 0. The number of benzene rings is 2. The molecule has 0 aromatic heterocycles. The van der Waals surface area contributed by atoms with Gasteiger partial charge in [0.15, 0.2) is 6.61 Å². The summed E-state index contributed by atoms with van der Waals surface area (Å²) < 4.78 is 34.2. The summed E-state index contributed by atoms with van der Waals surface area (Å²) in [5.74, 6) is 0.172. The third-order valence-corrected chi connectivity index (χ3v) is 4.47. The fourth-order valence-electron chi connectivity index (χ4n) is 1.68. The first-order valence-electron chi connectivity index (χ1n) is 6.74. The standard InChI is InChI=1S/C15H15ClN2O5S/c1-22-11-6-8-12(9-7-11)24(20,21)18-17-15(19)10-23-14-5-3-2-4-13(14)16/h2-9,18H,10H2,1H3,(H,17,19). The maximum atomic E-state index is 12.0. The van der Waals surface area contributed by atoms with Crippen molar-refractivity contribution in [1.82, 2.24) is 10.3 Å². The lowest BCUT2D eigenvalue weighted by Gasteiger charge is -2.10. The van der Waals surface area contributed by atoms with Crippen molar-refractivity contribution in [3.63, 3.8) is 0 Å². The van der Waals surface area contributed by atoms with Crippen LogP contribution < -0.4 is 19.7 Å². The molecule has 0 fully saturated rings. The molecule has 0 saturated carbocycles. The van der Waals surface area contributed by atoms with E-state index in [2.05, 4.69) is 5.43 Å². The summed E-state index contributed by atoms with van der Waals surface area (Å²) in [6.45, 7) is -0.394. The normalized spacial score (nSPS) is 10.9. The molecule has 2 N–H and O–H groups in total. The van der Waals surface area contributed by atoms with E-state index in [1.807, 2.05) is 4.83 Å². The van der Waals surface area contributed by atoms with Gasteiger partial charge in [-0.3, -0.25) is 10.2 Å². The van der Waals surface area contributed by atoms with E-state index in [9.17, 15) is 13.2 Å². The zero-order valence-corrected chi connectivity index (χ0v) is 14.2. The Morgan fingerprint density at radius 3 is 2.42 bits per heavy atom. The van der Waals surface area contributed by atoms with E-state index in [-0.39, 0.29) is 4.90 Å². The van der Waals surface area contributed by atoms with Gasteiger partial charge in [-0.05, 0) is 36.4 Å². The van der Waals surface area contributed by atoms with E-state index >= 15 is 0 Å². The average Bonchev–Trinajstić information content (AvgIpc) is 2.59. The van der Waals surface area contributed by atoms with Crippen LogP contribution >= 0.6 is 11.6 Å². The number of halogens is 1. The highest BCUT2D eigenvalue weighted by molar-refractivity contribution is 7.89. The minimum Gasteiger partial charge on any atom is -0.497 e. The van der Waals surface area contributed by atoms with Gasteiger partial charge in [0.05, 0.1) is 17.0 Å². The molecule has 2 rings (SSSR count). The average molecular weight is 371 g/mol. The van der Waals surface area contributed by atoms with Crippen molar-refractivity contribution in [2.45, 2.75) is 4.90 Å². The van der Waals surface area contributed by atoms with Crippen LogP contribution in [-0.4, -0.2) is 28.0 Å². The van der Waals surface area contributed by atoms with Crippen LogP contribution in [0.3, 0.4) is 0 Å². The molecule has 0 saturated heterocycles. The van der Waals surface area contributed by atoms with Crippen LogP contribution in [0.15, 0.2) is 53.4 Å². The number of para-hydroxylation sites is 1. The molecule has 7 nitrogen and oxygen atoms in total. The Labute approximate surface area is 144 Å². The largest absolute Gasteiger partial charge is 0.497 e. The van der Waals surface area contributed by atoms with Gasteiger partial charge >= 0.3 is 0 Å². The molecule has 2 aromatic rings. The van der Waals surface area contributed by atoms with Crippen LogP contribution in [0.25, 0.3) is 0 Å². The second kappa shape index (κ2) is 8.00. The number of methoxy groups -OCH3 is 1. The number of hydrogen-bond donors (Lipinski definition) is 2. The fourth-order valence-corrected chi connectivity index (χ4v) is 2.73. The molecule has 0 unspecified atom stereocenters. The van der Waals surface area contributed by atoms with Crippen molar-refractivity contribution in [3.05, 3.63) is 53.6 Å². The number of ether oxygens (including phenoxy) is 2. The Morgan fingerprint density at radius 2 is 1.79 bits per heavy atom. The number of sulfonamides is 1. The summed E-state index contributed by atoms with van der Waals surface area (Å²) >= 11 is 5.88. The molecule has 24 heavy (non-hydrogen) atoms. The highest BCUT2D eigenvalue weighted by atomic mass is 35.5. The highest BCUT2D eigenvalue weighted by Gasteiger charge is 2.15. The van der Waals surface area contributed by atoms with Crippen molar-refractivity contribution in [2.24, 2.45) is 0 Å². The summed E-state index contributed by atoms with van der Waals surface area (Å²) in [4.78, 5) is 13.6. The molecular weight excluding hydrogens is 356 g/mol. The molecule has 0 bridgehead atoms. The van der Waals surface area contributed by atoms with Crippen molar-refractivity contribution in [1.29, 1.82) is 0 Å². The minimum atomic E-state index is -3.89. The summed E-state index contributed by atoms with van der Waals surface area (Å²) in [7, 11) is -2.42. The first kappa shape index (κ1) is 18.1. The monoisotopic (exact) mass is 370 g/mol. The lowest BCUT2D eigenvalue weighted by molar-refractivity contribution is -0.123. The quantitative estimate of drug-likeness (QED) is 0.724. The topological polar surface area (TPSA) is 93.7 Å². The molecule has 0 radical (unpaired) electrons. The molecule has 0 aliphatic rings. The SMILES string of the molecule is COc1ccc(S(=O)(=O)NNC(=O)COc2ccccc2Cl)cc1. The van der Waals surface area contributed by atoms with Gasteiger partial charge in [0.25, 0.3) is 15.9 Å². The predicted octanol–water partition coefficient (Wildman–Crippen LogP) is 1.74. The van der Waals surface area contributed by atoms with Gasteiger partial charge in [0.2, 0.25) is 0 Å². The van der Waals surface area contributed by atoms with E-state index in [0.717, 1.165) is 0 Å². The molecular formula is C15H15ClN2O5S. The number of rotatable bonds is 7. The number of amides is 1. The second-order valence-electron chi connectivity index (χ2n) is 4.55. The van der Waals surface area contributed by atoms with Crippen LogP contribution in [0.2, 0.25) is 5.02 Å². The van der Waals surface area contributed by atoms with Crippen LogP contribution in [0, 0.1) is 0 Å². The lowest BCUT2D eigenvalue weighted by atomic mass is 10.3. The number of carbonyl (C=O) groups is 1. The molecule has 1 amide bonds. The summed E-state index contributed by atoms with van der Waals surface area (Å²) in [5, 5.41) is 0.351. The van der Waals surface area contributed by atoms with Gasteiger partial charge in [-0.1, -0.05) is 23.7 Å². The molecule has 0 aliphatic heterocycles. The zero-order valence-electron chi connectivity index (χ0n) is 12.7. The van der Waals surface area contributed by atoms with Crippen molar-refractivity contribution >= 4 is 27.5 Å². The van der Waals surface area contributed by atoms with Crippen LogP contribution in [0.4, 0.5) is 0 Å². The van der Waals surface area contributed by atoms with Crippen LogP contribution in [0.5, 0.6) is 11.5 Å². The predicted molar refractivity (Wildman–Crippen MR) is 88.4 cm³/mol. The van der Waals surface area contributed by atoms with Gasteiger partial charge in [0, 0.05) is 0 Å². The van der Waals surface area contributed by atoms with E-state index in [1.165, 1.54) is 31.4 Å². The summed E-state index contributed by atoms with van der Waals surface area (Å²) in [5.41, 5.74) is 2.06. The number of nitrogens with one attached hydrogen (secondary N) is 2. The maximum Gasteiger partial charge on any atom is 0.272 e. The molecule has 0 spiro atoms. The Morgan fingerprint density at radius 1 is 1.12 bits per heavy atom. The maximum absolute atomic E-state index is 12.0. The molecule has 0 aliphatic carbocycles. The second-order valence-corrected chi connectivity index (χ2v) is 6.64. The number of hydrogen-bond acceptors (Lipinski definition) is 5. The third kappa shape index (κ3) is 4.85. The number of hydrazine groups is 1. The highest BCUT2D eigenvalue weighted by Crippen LogP contribution is 2.22. The van der Waals surface area contributed by atoms with E-state index in [0.29, 0.717) is 16.5 Å². The van der Waals surface area contributed by atoms with Gasteiger partial charge in [0.1, 0.15) is 11.5 Å². The summed E-state index contributed by atoms with van der Waals surface area (Å²) in [6, 6.07) is 12.3. The van der Waals surface area contributed by atoms with E-state index in [1.54, 1.807) is 24.3 Å². The Hall–Kier alpha value is -2.29. The molecule has 9 heteroatoms. The van der Waals surface area contributed by atoms with Gasteiger partial charge in [-0.2, -0.15) is 0 Å². The Bertz CT molecular complexity index is 809. The van der Waals surface area contributed by atoms with Gasteiger partial charge in [-0.25, -0.2) is 8.42 Å². The molecule has 128 valence electrons.